The maximum Gasteiger partial charge on any atom is 0.166 e. The Hall–Kier alpha value is -2.40. The SMILES string of the molecule is O=C(CCc1ccco1)c1cnc2c(c1NC1C3CC4CC1CC(O)(C4)C3)C=CC2. The number of nitrogens with one attached hydrogen (secondary N) is 1. The molecule has 5 aliphatic rings. The maximum absolute atomic E-state index is 13.2. The van der Waals surface area contributed by atoms with Crippen LogP contribution in [0.5, 0.6) is 0 Å². The van der Waals surface area contributed by atoms with E-state index in [1.54, 1.807) is 12.5 Å². The van der Waals surface area contributed by atoms with E-state index in [9.17, 15) is 9.90 Å². The quantitative estimate of drug-likeness (QED) is 0.698. The molecule has 2 heterocycles. The molecule has 5 heteroatoms. The number of hydrogen-bond donors (Lipinski definition) is 2. The molecule has 30 heavy (non-hydrogen) atoms. The lowest BCUT2D eigenvalue weighted by Crippen LogP contribution is -2.59. The van der Waals surface area contributed by atoms with E-state index in [4.69, 9.17) is 4.42 Å². The lowest BCUT2D eigenvalue weighted by atomic mass is 9.52. The van der Waals surface area contributed by atoms with Crippen LogP contribution in [-0.2, 0) is 12.8 Å². The third kappa shape index (κ3) is 3.02. The molecule has 5 nitrogen and oxygen atoms in total. The number of carbonyl (C=O) groups excluding carboxylic acids is 1. The first-order valence-corrected chi connectivity index (χ1v) is 11.3. The zero-order valence-corrected chi connectivity index (χ0v) is 17.1. The minimum Gasteiger partial charge on any atom is -0.469 e. The number of pyridine rings is 1. The van der Waals surface area contributed by atoms with Gasteiger partial charge in [-0.05, 0) is 62.0 Å². The summed E-state index contributed by atoms with van der Waals surface area (Å²) in [6, 6.07) is 4.10. The molecule has 0 aliphatic heterocycles. The lowest BCUT2D eigenvalue weighted by Gasteiger charge is -2.58. The highest BCUT2D eigenvalue weighted by Gasteiger charge is 2.54. The number of ketones is 1. The van der Waals surface area contributed by atoms with E-state index in [0.717, 1.165) is 48.4 Å². The molecular weight excluding hydrogens is 376 g/mol. The highest BCUT2D eigenvalue weighted by Crippen LogP contribution is 2.56. The zero-order valence-electron chi connectivity index (χ0n) is 17.1. The van der Waals surface area contributed by atoms with Crippen LogP contribution >= 0.6 is 0 Å². The third-order valence-electron chi connectivity index (χ3n) is 7.83. The van der Waals surface area contributed by atoms with Crippen molar-refractivity contribution in [3.05, 3.63) is 53.2 Å². The lowest BCUT2D eigenvalue weighted by molar-refractivity contribution is -0.129. The van der Waals surface area contributed by atoms with Gasteiger partial charge in [0.15, 0.2) is 5.78 Å². The Morgan fingerprint density at radius 2 is 2.10 bits per heavy atom. The molecule has 7 rings (SSSR count). The van der Waals surface area contributed by atoms with E-state index in [1.807, 2.05) is 12.1 Å². The van der Waals surface area contributed by atoms with Gasteiger partial charge in [-0.2, -0.15) is 0 Å². The molecule has 0 amide bonds. The Bertz CT molecular complexity index is 994. The summed E-state index contributed by atoms with van der Waals surface area (Å²) in [6.45, 7) is 0. The summed E-state index contributed by atoms with van der Waals surface area (Å²) in [5.41, 5.74) is 3.33. The van der Waals surface area contributed by atoms with E-state index in [-0.39, 0.29) is 5.78 Å². The minimum atomic E-state index is -0.448. The molecular formula is C25H28N2O3. The molecule has 0 radical (unpaired) electrons. The normalized spacial score (nSPS) is 33.1. The van der Waals surface area contributed by atoms with Crippen molar-refractivity contribution in [1.82, 2.24) is 4.98 Å². The fourth-order valence-corrected chi connectivity index (χ4v) is 6.77. The van der Waals surface area contributed by atoms with Crippen LogP contribution in [0.4, 0.5) is 5.69 Å². The predicted molar refractivity (Wildman–Crippen MR) is 114 cm³/mol. The summed E-state index contributed by atoms with van der Waals surface area (Å²) in [4.78, 5) is 17.8. The zero-order chi connectivity index (χ0) is 20.3. The number of aliphatic hydroxyl groups is 1. The van der Waals surface area contributed by atoms with Crippen LogP contribution in [0.3, 0.4) is 0 Å². The first-order chi connectivity index (χ1) is 14.6. The van der Waals surface area contributed by atoms with Gasteiger partial charge in [0.1, 0.15) is 5.76 Å². The molecule has 0 spiro atoms. The van der Waals surface area contributed by atoms with Crippen molar-refractivity contribution in [3.63, 3.8) is 0 Å². The smallest absolute Gasteiger partial charge is 0.166 e. The first-order valence-electron chi connectivity index (χ1n) is 11.3. The number of aryl methyl sites for hydroxylation is 1. The highest BCUT2D eigenvalue weighted by molar-refractivity contribution is 6.03. The molecule has 2 unspecified atom stereocenters. The molecule has 2 atom stereocenters. The van der Waals surface area contributed by atoms with Crippen molar-refractivity contribution in [3.8, 4) is 0 Å². The summed E-state index contributed by atoms with van der Waals surface area (Å²) in [6.07, 6.45) is 14.6. The molecule has 4 saturated carbocycles. The summed E-state index contributed by atoms with van der Waals surface area (Å²) >= 11 is 0. The highest BCUT2D eigenvalue weighted by atomic mass is 16.3. The molecule has 2 N–H and O–H groups in total. The fraction of sp³-hybridized carbons (Fsp3) is 0.520. The Labute approximate surface area is 176 Å². The average Bonchev–Trinajstić information content (AvgIpc) is 3.39. The van der Waals surface area contributed by atoms with Crippen LogP contribution in [0.2, 0.25) is 0 Å². The van der Waals surface area contributed by atoms with Crippen molar-refractivity contribution < 1.29 is 14.3 Å². The van der Waals surface area contributed by atoms with Crippen molar-refractivity contribution in [2.75, 3.05) is 5.32 Å². The number of aromatic nitrogens is 1. The van der Waals surface area contributed by atoms with Gasteiger partial charge in [0.05, 0.1) is 28.8 Å². The molecule has 0 aromatic carbocycles. The fourth-order valence-electron chi connectivity index (χ4n) is 6.77. The molecule has 5 aliphatic carbocycles. The number of nitrogens with zero attached hydrogens (tertiary/aromatic N) is 1. The van der Waals surface area contributed by atoms with Gasteiger partial charge in [-0.3, -0.25) is 9.78 Å². The van der Waals surface area contributed by atoms with E-state index in [0.29, 0.717) is 42.2 Å². The second-order valence-corrected chi connectivity index (χ2v) is 9.88. The second-order valence-electron chi connectivity index (χ2n) is 9.88. The van der Waals surface area contributed by atoms with Gasteiger partial charge in [0.2, 0.25) is 0 Å². The monoisotopic (exact) mass is 404 g/mol. The van der Waals surface area contributed by atoms with E-state index in [2.05, 4.69) is 22.5 Å². The van der Waals surface area contributed by atoms with Crippen LogP contribution < -0.4 is 5.32 Å². The number of Topliss-reactive ketones (excluding diaryl/α,β-unsaturated/α-hetero) is 1. The van der Waals surface area contributed by atoms with Gasteiger partial charge >= 0.3 is 0 Å². The molecule has 0 saturated heterocycles. The Morgan fingerprint density at radius 3 is 2.83 bits per heavy atom. The Morgan fingerprint density at radius 1 is 1.27 bits per heavy atom. The minimum absolute atomic E-state index is 0.104. The van der Waals surface area contributed by atoms with E-state index >= 15 is 0 Å². The molecule has 2 aromatic heterocycles. The number of furan rings is 1. The number of hydrogen-bond acceptors (Lipinski definition) is 5. The van der Waals surface area contributed by atoms with Crippen LogP contribution in [0, 0.1) is 17.8 Å². The Kier molecular flexibility index (Phi) is 4.17. The van der Waals surface area contributed by atoms with Gasteiger partial charge in [-0.1, -0.05) is 12.2 Å². The topological polar surface area (TPSA) is 75.4 Å². The first kappa shape index (κ1) is 18.4. The number of rotatable bonds is 6. The van der Waals surface area contributed by atoms with Gasteiger partial charge in [0.25, 0.3) is 0 Å². The molecule has 4 bridgehead atoms. The van der Waals surface area contributed by atoms with Crippen LogP contribution in [0.15, 0.2) is 35.1 Å². The second kappa shape index (κ2) is 6.81. The summed E-state index contributed by atoms with van der Waals surface area (Å²) < 4.78 is 5.40. The summed E-state index contributed by atoms with van der Waals surface area (Å²) in [5.74, 6) is 2.58. The molecule has 4 fully saturated rings. The summed E-state index contributed by atoms with van der Waals surface area (Å²) in [5, 5.41) is 14.8. The number of fused-ring (bicyclic) bond motifs is 1. The molecule has 156 valence electrons. The van der Waals surface area contributed by atoms with E-state index in [1.165, 1.54) is 12.8 Å². The van der Waals surface area contributed by atoms with Crippen LogP contribution in [-0.4, -0.2) is 27.5 Å². The number of anilines is 1. The van der Waals surface area contributed by atoms with Gasteiger partial charge in [0, 0.05) is 37.1 Å². The maximum atomic E-state index is 13.2. The Balaban J connectivity index is 1.29. The van der Waals surface area contributed by atoms with E-state index < -0.39 is 5.60 Å². The van der Waals surface area contributed by atoms with Crippen LogP contribution in [0.25, 0.3) is 6.08 Å². The predicted octanol–water partition coefficient (Wildman–Crippen LogP) is 4.41. The van der Waals surface area contributed by atoms with Gasteiger partial charge in [-0.25, -0.2) is 0 Å². The largest absolute Gasteiger partial charge is 0.469 e. The van der Waals surface area contributed by atoms with Gasteiger partial charge < -0.3 is 14.8 Å². The number of carbonyl (C=O) groups is 1. The standard InChI is InChI=1S/C25H28N2O3/c28-22(7-6-18-3-2-8-30-18)20-14-26-21-5-1-4-19(21)24(20)27-23-16-9-15-10-17(23)13-25(29,11-15)12-16/h1-4,8,14-17,23,29H,5-7,9-13H2,(H,26,27). The van der Waals surface area contributed by atoms with Crippen molar-refractivity contribution in [2.24, 2.45) is 17.8 Å². The summed E-state index contributed by atoms with van der Waals surface area (Å²) in [7, 11) is 0. The van der Waals surface area contributed by atoms with Crippen LogP contribution in [0.1, 0.15) is 65.9 Å². The van der Waals surface area contributed by atoms with Crippen molar-refractivity contribution >= 4 is 17.5 Å². The third-order valence-corrected chi connectivity index (χ3v) is 7.83. The molecule has 2 aromatic rings. The average molecular weight is 405 g/mol. The number of allylic oxidation sites excluding steroid dienone is 1. The van der Waals surface area contributed by atoms with Crippen molar-refractivity contribution in [1.29, 1.82) is 0 Å². The van der Waals surface area contributed by atoms with Gasteiger partial charge in [-0.15, -0.1) is 0 Å². The van der Waals surface area contributed by atoms with Crippen molar-refractivity contribution in [2.45, 2.75) is 63.0 Å².